The van der Waals surface area contributed by atoms with Crippen molar-refractivity contribution in [1.82, 2.24) is 0 Å². The molecule has 0 nitrogen and oxygen atoms in total. The van der Waals surface area contributed by atoms with Gasteiger partial charge in [0.25, 0.3) is 0 Å². The van der Waals surface area contributed by atoms with E-state index in [1.165, 1.54) is 12.8 Å². The van der Waals surface area contributed by atoms with Gasteiger partial charge in [0.05, 0.1) is 0 Å². The van der Waals surface area contributed by atoms with Gasteiger partial charge in [0, 0.05) is 0 Å². The van der Waals surface area contributed by atoms with Gasteiger partial charge in [-0.05, 0) is 0 Å². The third-order valence-electron chi connectivity index (χ3n) is 0.707. The normalized spacial score (nSPS) is 6.67. The van der Waals surface area contributed by atoms with Gasteiger partial charge in [0.2, 0.25) is 0 Å². The molecule has 0 aromatic carbocycles. The largest absolute Gasteiger partial charge is 2.00 e. The molecule has 0 aliphatic heterocycles. The Morgan fingerprint density at radius 3 is 1.00 bits per heavy atom. The SMILES string of the molecule is [CH2-]CCC.[CH2-]CCC.[Cd+2]. The molecule has 0 aromatic heterocycles. The summed E-state index contributed by atoms with van der Waals surface area (Å²) < 4.78 is 0. The second-order valence-electron chi connectivity index (χ2n) is 1.71. The first-order valence-electron chi connectivity index (χ1n) is 3.41. The molecule has 0 spiro atoms. The van der Waals surface area contributed by atoms with Crippen molar-refractivity contribution in [3.63, 3.8) is 0 Å². The maximum atomic E-state index is 3.60. The number of hydrogen-bond acceptors (Lipinski definition) is 0. The summed E-state index contributed by atoms with van der Waals surface area (Å²) in [4.78, 5) is 0. The zero-order valence-electron chi connectivity index (χ0n) is 6.95. The van der Waals surface area contributed by atoms with E-state index in [2.05, 4.69) is 27.7 Å². The van der Waals surface area contributed by atoms with E-state index in [4.69, 9.17) is 0 Å². The minimum absolute atomic E-state index is 0. The Morgan fingerprint density at radius 1 is 0.889 bits per heavy atom. The quantitative estimate of drug-likeness (QED) is 0.501. The molecule has 0 bridgehead atoms. The maximum Gasteiger partial charge on any atom is 2.00 e. The average molecular weight is 227 g/mol. The van der Waals surface area contributed by atoms with Gasteiger partial charge >= 0.3 is 27.3 Å². The molecule has 0 N–H and O–H groups in total. The predicted octanol–water partition coefficient (Wildman–Crippen LogP) is 3.24. The first-order chi connectivity index (χ1) is 3.83. The first kappa shape index (κ1) is 16.5. The van der Waals surface area contributed by atoms with Gasteiger partial charge < -0.3 is 13.8 Å². The molecule has 0 heterocycles. The summed E-state index contributed by atoms with van der Waals surface area (Å²) in [5.74, 6) is 0. The standard InChI is InChI=1S/2C4H9.Cd/c2*1-3-4-2;/h2*1,3-4H2,2H3;/q2*-1;+2. The maximum absolute atomic E-state index is 3.60. The van der Waals surface area contributed by atoms with Crippen molar-refractivity contribution in [2.75, 3.05) is 0 Å². The van der Waals surface area contributed by atoms with Gasteiger partial charge in [-0.3, -0.25) is 0 Å². The van der Waals surface area contributed by atoms with Crippen LogP contribution in [0.15, 0.2) is 0 Å². The van der Waals surface area contributed by atoms with E-state index in [-0.39, 0.29) is 27.3 Å². The second-order valence-corrected chi connectivity index (χ2v) is 1.71. The van der Waals surface area contributed by atoms with Gasteiger partial charge in [0.15, 0.2) is 0 Å². The predicted molar refractivity (Wildman–Crippen MR) is 40.5 cm³/mol. The van der Waals surface area contributed by atoms with Gasteiger partial charge in [-0.15, -0.1) is 0 Å². The summed E-state index contributed by atoms with van der Waals surface area (Å²) in [5.41, 5.74) is 0. The molecular formula is C8H18Cd. The van der Waals surface area contributed by atoms with Crippen LogP contribution in [0.2, 0.25) is 0 Å². The van der Waals surface area contributed by atoms with E-state index in [9.17, 15) is 0 Å². The molecule has 0 fully saturated rings. The summed E-state index contributed by atoms with van der Waals surface area (Å²) in [6.07, 6.45) is 4.56. The molecule has 1 heteroatoms. The number of unbranched alkanes of at least 4 members (excludes halogenated alkanes) is 2. The molecule has 0 aromatic rings. The van der Waals surface area contributed by atoms with E-state index in [1.54, 1.807) is 0 Å². The third-order valence-corrected chi connectivity index (χ3v) is 0.707. The van der Waals surface area contributed by atoms with Crippen LogP contribution in [0.25, 0.3) is 0 Å². The molecule has 9 heavy (non-hydrogen) atoms. The minimum atomic E-state index is 0. The molecule has 0 radical (unpaired) electrons. The van der Waals surface area contributed by atoms with E-state index in [0.717, 1.165) is 12.8 Å². The Kier molecular flexibility index (Phi) is 42.3. The number of hydrogen-bond donors (Lipinski definition) is 0. The van der Waals surface area contributed by atoms with Crippen LogP contribution in [-0.4, -0.2) is 0 Å². The topological polar surface area (TPSA) is 0 Å². The minimum Gasteiger partial charge on any atom is -0.343 e. The van der Waals surface area contributed by atoms with Crippen molar-refractivity contribution in [2.45, 2.75) is 39.5 Å². The van der Waals surface area contributed by atoms with E-state index in [0.29, 0.717) is 0 Å². The monoisotopic (exact) mass is 228 g/mol. The number of rotatable bonds is 2. The van der Waals surface area contributed by atoms with Crippen LogP contribution < -0.4 is 0 Å². The van der Waals surface area contributed by atoms with Crippen molar-refractivity contribution >= 4 is 0 Å². The van der Waals surface area contributed by atoms with Crippen LogP contribution in [0, 0.1) is 13.8 Å². The van der Waals surface area contributed by atoms with Gasteiger partial charge in [-0.1, -0.05) is 26.7 Å². The molecular weight excluding hydrogens is 208 g/mol. The van der Waals surface area contributed by atoms with Crippen LogP contribution in [-0.2, 0) is 27.3 Å². The van der Waals surface area contributed by atoms with Crippen molar-refractivity contribution in [2.24, 2.45) is 0 Å². The molecule has 0 amide bonds. The van der Waals surface area contributed by atoms with Crippen LogP contribution in [0.5, 0.6) is 0 Å². The fourth-order valence-corrected chi connectivity index (χ4v) is 0. The smallest absolute Gasteiger partial charge is 0.343 e. The van der Waals surface area contributed by atoms with Gasteiger partial charge in [0.1, 0.15) is 0 Å². The van der Waals surface area contributed by atoms with Gasteiger partial charge in [-0.25, -0.2) is 0 Å². The van der Waals surface area contributed by atoms with E-state index in [1.807, 2.05) is 0 Å². The van der Waals surface area contributed by atoms with Crippen LogP contribution >= 0.6 is 0 Å². The van der Waals surface area contributed by atoms with Crippen LogP contribution in [0.1, 0.15) is 39.5 Å². The van der Waals surface area contributed by atoms with E-state index >= 15 is 0 Å². The summed E-state index contributed by atoms with van der Waals surface area (Å²) in [6.45, 7) is 11.4. The van der Waals surface area contributed by atoms with Gasteiger partial charge in [-0.2, -0.15) is 12.8 Å². The summed E-state index contributed by atoms with van der Waals surface area (Å²) >= 11 is 0. The van der Waals surface area contributed by atoms with Crippen molar-refractivity contribution in [1.29, 1.82) is 0 Å². The third kappa shape index (κ3) is 50.1. The summed E-state index contributed by atoms with van der Waals surface area (Å²) in [6, 6.07) is 0. The molecule has 0 rings (SSSR count). The van der Waals surface area contributed by atoms with Crippen molar-refractivity contribution < 1.29 is 27.3 Å². The molecule has 0 aliphatic carbocycles. The fourth-order valence-electron chi connectivity index (χ4n) is 0. The molecule has 52 valence electrons. The van der Waals surface area contributed by atoms with E-state index < -0.39 is 0 Å². The second kappa shape index (κ2) is 23.1. The zero-order valence-corrected chi connectivity index (χ0v) is 11.0. The Morgan fingerprint density at radius 2 is 1.00 bits per heavy atom. The molecule has 0 aliphatic rings. The Labute approximate surface area is 80.6 Å². The fraction of sp³-hybridized carbons (Fsp3) is 0.750. The molecule has 0 atom stereocenters. The Bertz CT molecular complexity index is 12.5. The van der Waals surface area contributed by atoms with Crippen LogP contribution in [0.4, 0.5) is 0 Å². The van der Waals surface area contributed by atoms with Crippen molar-refractivity contribution in [3.05, 3.63) is 13.8 Å². The molecule has 0 saturated carbocycles. The first-order valence-corrected chi connectivity index (χ1v) is 3.41. The van der Waals surface area contributed by atoms with Crippen molar-refractivity contribution in [3.8, 4) is 0 Å². The Hall–Kier alpha value is 0.922. The van der Waals surface area contributed by atoms with Crippen LogP contribution in [0.3, 0.4) is 0 Å². The Balaban J connectivity index is -0.0000000720. The molecule has 0 saturated heterocycles. The average Bonchev–Trinajstić information content (AvgIpc) is 1.88. The zero-order chi connectivity index (χ0) is 6.83. The molecule has 0 unspecified atom stereocenters. The summed E-state index contributed by atoms with van der Waals surface area (Å²) in [7, 11) is 0. The summed E-state index contributed by atoms with van der Waals surface area (Å²) in [5, 5.41) is 0.